The van der Waals surface area contributed by atoms with Crippen molar-refractivity contribution in [2.24, 2.45) is 4.99 Å². The van der Waals surface area contributed by atoms with Gasteiger partial charge in [0.15, 0.2) is 5.96 Å². The monoisotopic (exact) mass is 501 g/mol. The molecule has 0 aliphatic carbocycles. The van der Waals surface area contributed by atoms with Crippen LogP contribution >= 0.6 is 24.0 Å². The Hall–Kier alpha value is -0.900. The fourth-order valence-electron chi connectivity index (χ4n) is 3.67. The molecule has 2 aliphatic heterocycles. The van der Waals surface area contributed by atoms with E-state index >= 15 is 0 Å². The number of rotatable bonds is 8. The molecule has 3 rings (SSSR count). The van der Waals surface area contributed by atoms with E-state index in [9.17, 15) is 0 Å². The number of piperazine rings is 1. The molecule has 0 amide bonds. The van der Waals surface area contributed by atoms with Crippen molar-refractivity contribution in [2.75, 3.05) is 59.0 Å². The number of aliphatic imine (C=N–C) groups is 1. The topological polar surface area (TPSA) is 52.1 Å². The molecule has 28 heavy (non-hydrogen) atoms. The minimum atomic E-state index is 0. The largest absolute Gasteiger partial charge is 0.376 e. The highest BCUT2D eigenvalue weighted by Gasteiger charge is 2.17. The minimum absolute atomic E-state index is 0. The van der Waals surface area contributed by atoms with Gasteiger partial charge in [-0.1, -0.05) is 30.3 Å². The smallest absolute Gasteiger partial charge is 0.191 e. The summed E-state index contributed by atoms with van der Waals surface area (Å²) in [5.74, 6) is 0.913. The molecular weight excluding hydrogens is 465 g/mol. The van der Waals surface area contributed by atoms with E-state index in [1.54, 1.807) is 0 Å². The highest BCUT2D eigenvalue weighted by molar-refractivity contribution is 14.0. The molecule has 0 bridgehead atoms. The normalized spacial score (nSPS) is 21.3. The lowest BCUT2D eigenvalue weighted by Gasteiger charge is -2.34. The van der Waals surface area contributed by atoms with Gasteiger partial charge in [-0.25, -0.2) is 0 Å². The number of hydrogen-bond acceptors (Lipinski definition) is 4. The van der Waals surface area contributed by atoms with Crippen LogP contribution in [0.15, 0.2) is 35.3 Å². The van der Waals surface area contributed by atoms with E-state index in [-0.39, 0.29) is 24.0 Å². The third-order valence-corrected chi connectivity index (χ3v) is 5.26. The van der Waals surface area contributed by atoms with Gasteiger partial charge in [0.05, 0.1) is 12.6 Å². The van der Waals surface area contributed by atoms with Gasteiger partial charge in [0.2, 0.25) is 0 Å². The summed E-state index contributed by atoms with van der Waals surface area (Å²) < 4.78 is 5.66. The Labute approximate surface area is 187 Å². The second-order valence-electron chi connectivity index (χ2n) is 7.38. The van der Waals surface area contributed by atoms with Crippen molar-refractivity contribution in [2.45, 2.75) is 32.4 Å². The zero-order chi connectivity index (χ0) is 18.7. The summed E-state index contributed by atoms with van der Waals surface area (Å²) in [6, 6.07) is 10.8. The first-order valence-electron chi connectivity index (χ1n) is 10.5. The molecule has 2 aliphatic rings. The van der Waals surface area contributed by atoms with Crippen LogP contribution in [-0.4, -0.2) is 80.8 Å². The Morgan fingerprint density at radius 2 is 1.86 bits per heavy atom. The Morgan fingerprint density at radius 3 is 2.54 bits per heavy atom. The van der Waals surface area contributed by atoms with Crippen molar-refractivity contribution in [1.29, 1.82) is 0 Å². The van der Waals surface area contributed by atoms with Gasteiger partial charge in [0.25, 0.3) is 0 Å². The standard InChI is InChI=1S/C21H35N5O.HI/c1-2-22-21(24-17-20-9-6-16-27-20)23-10-11-25-12-14-26(15-13-25)18-19-7-4-3-5-8-19;/h3-5,7-8,20H,2,6,9-18H2,1H3,(H2,22,23,24);1H. The number of ether oxygens (including phenoxy) is 1. The molecule has 1 atom stereocenters. The summed E-state index contributed by atoms with van der Waals surface area (Å²) in [7, 11) is 0. The zero-order valence-corrected chi connectivity index (χ0v) is 19.4. The van der Waals surface area contributed by atoms with Gasteiger partial charge >= 0.3 is 0 Å². The third kappa shape index (κ3) is 8.23. The summed E-state index contributed by atoms with van der Waals surface area (Å²) in [6.07, 6.45) is 2.61. The minimum Gasteiger partial charge on any atom is -0.376 e. The van der Waals surface area contributed by atoms with Gasteiger partial charge < -0.3 is 15.4 Å². The average molecular weight is 501 g/mol. The molecule has 1 unspecified atom stereocenters. The van der Waals surface area contributed by atoms with Crippen LogP contribution in [0.5, 0.6) is 0 Å². The highest BCUT2D eigenvalue weighted by Crippen LogP contribution is 2.11. The Kier molecular flexibility index (Phi) is 11.1. The van der Waals surface area contributed by atoms with Gasteiger partial charge in [-0.2, -0.15) is 0 Å². The van der Waals surface area contributed by atoms with Crippen LogP contribution in [0.25, 0.3) is 0 Å². The van der Waals surface area contributed by atoms with Gasteiger partial charge in [-0.05, 0) is 25.3 Å². The van der Waals surface area contributed by atoms with E-state index in [0.717, 1.165) is 77.9 Å². The van der Waals surface area contributed by atoms with E-state index in [0.29, 0.717) is 6.10 Å². The van der Waals surface area contributed by atoms with Crippen LogP contribution in [0.2, 0.25) is 0 Å². The Balaban J connectivity index is 0.00000280. The molecule has 0 spiro atoms. The van der Waals surface area contributed by atoms with Gasteiger partial charge in [-0.15, -0.1) is 24.0 Å². The lowest BCUT2D eigenvalue weighted by molar-refractivity contribution is 0.117. The van der Waals surface area contributed by atoms with Gasteiger partial charge in [-0.3, -0.25) is 14.8 Å². The molecular formula is C21H36IN5O. The molecule has 0 aromatic heterocycles. The molecule has 1 aromatic carbocycles. The molecule has 158 valence electrons. The van der Waals surface area contributed by atoms with Gasteiger partial charge in [0, 0.05) is 59.0 Å². The first kappa shape index (κ1) is 23.4. The summed E-state index contributed by atoms with van der Waals surface area (Å²) >= 11 is 0. The van der Waals surface area contributed by atoms with Crippen molar-refractivity contribution in [3.05, 3.63) is 35.9 Å². The molecule has 2 saturated heterocycles. The SMILES string of the molecule is CCNC(=NCC1CCCO1)NCCN1CCN(Cc2ccccc2)CC1.I. The van der Waals surface area contributed by atoms with Crippen LogP contribution in [-0.2, 0) is 11.3 Å². The number of nitrogens with zero attached hydrogens (tertiary/aromatic N) is 3. The van der Waals surface area contributed by atoms with Crippen molar-refractivity contribution < 1.29 is 4.74 Å². The number of halogens is 1. The summed E-state index contributed by atoms with van der Waals surface area (Å²) in [5, 5.41) is 6.81. The molecule has 6 nitrogen and oxygen atoms in total. The first-order chi connectivity index (χ1) is 13.3. The van der Waals surface area contributed by atoms with E-state index in [2.05, 4.69) is 62.7 Å². The van der Waals surface area contributed by atoms with Crippen molar-refractivity contribution in [3.8, 4) is 0 Å². The first-order valence-corrected chi connectivity index (χ1v) is 10.5. The maximum Gasteiger partial charge on any atom is 0.191 e. The lowest BCUT2D eigenvalue weighted by atomic mass is 10.2. The van der Waals surface area contributed by atoms with Crippen molar-refractivity contribution in [1.82, 2.24) is 20.4 Å². The van der Waals surface area contributed by atoms with E-state index in [4.69, 9.17) is 4.74 Å². The second kappa shape index (κ2) is 13.3. The van der Waals surface area contributed by atoms with E-state index in [1.165, 1.54) is 12.0 Å². The molecule has 2 heterocycles. The van der Waals surface area contributed by atoms with Gasteiger partial charge in [0.1, 0.15) is 0 Å². The van der Waals surface area contributed by atoms with E-state index in [1.807, 2.05) is 0 Å². The molecule has 0 saturated carbocycles. The predicted octanol–water partition coefficient (Wildman–Crippen LogP) is 2.16. The van der Waals surface area contributed by atoms with Crippen LogP contribution in [0.3, 0.4) is 0 Å². The summed E-state index contributed by atoms with van der Waals surface area (Å²) in [5.41, 5.74) is 1.41. The fraction of sp³-hybridized carbons (Fsp3) is 0.667. The summed E-state index contributed by atoms with van der Waals surface area (Å²) in [4.78, 5) is 9.77. The van der Waals surface area contributed by atoms with Crippen LogP contribution < -0.4 is 10.6 Å². The number of guanidine groups is 1. The maximum atomic E-state index is 5.66. The third-order valence-electron chi connectivity index (χ3n) is 5.26. The van der Waals surface area contributed by atoms with Crippen molar-refractivity contribution in [3.63, 3.8) is 0 Å². The predicted molar refractivity (Wildman–Crippen MR) is 127 cm³/mol. The van der Waals surface area contributed by atoms with Crippen LogP contribution in [0.4, 0.5) is 0 Å². The van der Waals surface area contributed by atoms with E-state index < -0.39 is 0 Å². The molecule has 7 heteroatoms. The number of hydrogen-bond donors (Lipinski definition) is 2. The number of nitrogens with one attached hydrogen (secondary N) is 2. The Bertz CT molecular complexity index is 557. The zero-order valence-electron chi connectivity index (χ0n) is 17.1. The molecule has 0 radical (unpaired) electrons. The summed E-state index contributed by atoms with van der Waals surface area (Å²) in [6.45, 7) is 12.2. The average Bonchev–Trinajstić information content (AvgIpc) is 3.22. The van der Waals surface area contributed by atoms with Crippen molar-refractivity contribution >= 4 is 29.9 Å². The fourth-order valence-corrected chi connectivity index (χ4v) is 3.67. The highest BCUT2D eigenvalue weighted by atomic mass is 127. The van der Waals surface area contributed by atoms with Crippen LogP contribution in [0.1, 0.15) is 25.3 Å². The second-order valence-corrected chi connectivity index (χ2v) is 7.38. The number of benzene rings is 1. The molecule has 1 aromatic rings. The van der Waals surface area contributed by atoms with Crippen LogP contribution in [0, 0.1) is 0 Å². The maximum absolute atomic E-state index is 5.66. The Morgan fingerprint density at radius 1 is 1.11 bits per heavy atom. The quantitative estimate of drug-likeness (QED) is 0.325. The molecule has 2 fully saturated rings. The molecule has 2 N–H and O–H groups in total. The lowest BCUT2D eigenvalue weighted by Crippen LogP contribution is -2.49.